The highest BCUT2D eigenvalue weighted by Crippen LogP contribution is 2.40. The van der Waals surface area contributed by atoms with Gasteiger partial charge in [-0.15, -0.1) is 0 Å². The number of carbonyl (C=O) groups excluding carboxylic acids is 1. The van der Waals surface area contributed by atoms with Gasteiger partial charge in [-0.25, -0.2) is 0 Å². The van der Waals surface area contributed by atoms with E-state index in [1.807, 2.05) is 0 Å². The summed E-state index contributed by atoms with van der Waals surface area (Å²) in [7, 11) is 0. The summed E-state index contributed by atoms with van der Waals surface area (Å²) in [6.45, 7) is 0. The Morgan fingerprint density at radius 3 is 1.42 bits per heavy atom. The Morgan fingerprint density at radius 1 is 1.00 bits per heavy atom. The zero-order valence-corrected chi connectivity index (χ0v) is 5.54. The first-order chi connectivity index (χ1) is 5.19. The number of halogens is 6. The molecule has 0 heterocycles. The number of hydrogen-bond acceptors (Lipinski definition) is 1. The first-order valence-corrected chi connectivity index (χ1v) is 2.76. The molecule has 1 nitrogen and oxygen atoms in total. The lowest BCUT2D eigenvalue weighted by Crippen LogP contribution is -2.36. The number of hydrogen-bond donors (Lipinski definition) is 0. The lowest BCUT2D eigenvalue weighted by Gasteiger charge is -2.20. The fraction of sp³-hybridized carbons (Fsp3) is 0.800. The van der Waals surface area contributed by atoms with E-state index in [-0.39, 0.29) is 0 Å². The Morgan fingerprint density at radius 2 is 1.33 bits per heavy atom. The lowest BCUT2D eigenvalue weighted by molar-refractivity contribution is -0.283. The third-order valence-electron chi connectivity index (χ3n) is 1.12. The number of alkyl halides is 6. The molecular weight excluding hydrogens is 190 g/mol. The predicted octanol–water partition coefficient (Wildman–Crippen LogP) is 2.32. The highest BCUT2D eigenvalue weighted by Gasteiger charge is 2.55. The van der Waals surface area contributed by atoms with Crippen LogP contribution in [0.15, 0.2) is 0 Å². The van der Waals surface area contributed by atoms with Crippen LogP contribution in [0.2, 0.25) is 0 Å². The van der Waals surface area contributed by atoms with Gasteiger partial charge in [0.25, 0.3) is 0 Å². The standard InChI is InChI=1S/C5H4F6O/c6-4(7,8)3(1-2-12)5(9,10)11/h2-3H,1H2. The maximum Gasteiger partial charge on any atom is 0.400 e. The van der Waals surface area contributed by atoms with Crippen LogP contribution in [0.1, 0.15) is 6.42 Å². The van der Waals surface area contributed by atoms with Crippen molar-refractivity contribution in [1.82, 2.24) is 0 Å². The monoisotopic (exact) mass is 194 g/mol. The largest absolute Gasteiger partial charge is 0.400 e. The van der Waals surface area contributed by atoms with Gasteiger partial charge in [0.05, 0.1) is 0 Å². The average molecular weight is 194 g/mol. The number of aldehydes is 1. The zero-order valence-electron chi connectivity index (χ0n) is 5.54. The average Bonchev–Trinajstić information content (AvgIpc) is 1.77. The molecule has 0 saturated carbocycles. The minimum Gasteiger partial charge on any atom is -0.303 e. The van der Waals surface area contributed by atoms with E-state index in [9.17, 15) is 31.1 Å². The van der Waals surface area contributed by atoms with Gasteiger partial charge in [0.2, 0.25) is 0 Å². The fourth-order valence-corrected chi connectivity index (χ4v) is 0.549. The van der Waals surface area contributed by atoms with Crippen LogP contribution in [0.5, 0.6) is 0 Å². The van der Waals surface area contributed by atoms with Gasteiger partial charge >= 0.3 is 12.4 Å². The van der Waals surface area contributed by atoms with E-state index in [1.54, 1.807) is 0 Å². The molecule has 0 aromatic rings. The van der Waals surface area contributed by atoms with Crippen LogP contribution in [-0.2, 0) is 4.79 Å². The second kappa shape index (κ2) is 3.32. The molecule has 0 unspecified atom stereocenters. The van der Waals surface area contributed by atoms with Crippen LogP contribution >= 0.6 is 0 Å². The smallest absolute Gasteiger partial charge is 0.303 e. The third-order valence-corrected chi connectivity index (χ3v) is 1.12. The molecule has 0 saturated heterocycles. The Hall–Kier alpha value is -0.750. The summed E-state index contributed by atoms with van der Waals surface area (Å²) in [5, 5.41) is 0. The molecule has 0 aliphatic rings. The molecule has 0 aromatic heterocycles. The first kappa shape index (κ1) is 11.2. The molecule has 0 N–H and O–H groups in total. The fourth-order valence-electron chi connectivity index (χ4n) is 0.549. The summed E-state index contributed by atoms with van der Waals surface area (Å²) in [6.07, 6.45) is -12.8. The van der Waals surface area contributed by atoms with Crippen LogP contribution in [0.4, 0.5) is 26.3 Å². The zero-order chi connectivity index (χ0) is 9.99. The van der Waals surface area contributed by atoms with Crippen LogP contribution in [0.3, 0.4) is 0 Å². The molecule has 7 heteroatoms. The van der Waals surface area contributed by atoms with Gasteiger partial charge in [0.15, 0.2) is 5.92 Å². The van der Waals surface area contributed by atoms with Crippen LogP contribution in [-0.4, -0.2) is 18.6 Å². The van der Waals surface area contributed by atoms with E-state index in [1.165, 1.54) is 0 Å². The Kier molecular flexibility index (Phi) is 3.11. The Labute approximate surface area is 63.4 Å². The van der Waals surface area contributed by atoms with E-state index in [0.29, 0.717) is 0 Å². The summed E-state index contributed by atoms with van der Waals surface area (Å²) in [4.78, 5) is 9.51. The van der Waals surface area contributed by atoms with Crippen molar-refractivity contribution in [3.63, 3.8) is 0 Å². The van der Waals surface area contributed by atoms with Crippen molar-refractivity contribution in [2.24, 2.45) is 5.92 Å². The van der Waals surface area contributed by atoms with E-state index >= 15 is 0 Å². The van der Waals surface area contributed by atoms with Crippen molar-refractivity contribution in [3.05, 3.63) is 0 Å². The molecule has 12 heavy (non-hydrogen) atoms. The van der Waals surface area contributed by atoms with Crippen molar-refractivity contribution in [2.75, 3.05) is 0 Å². The summed E-state index contributed by atoms with van der Waals surface area (Å²) in [6, 6.07) is 0. The van der Waals surface area contributed by atoms with Gasteiger partial charge in [0.1, 0.15) is 6.29 Å². The lowest BCUT2D eigenvalue weighted by atomic mass is 10.1. The van der Waals surface area contributed by atoms with Crippen molar-refractivity contribution >= 4 is 6.29 Å². The van der Waals surface area contributed by atoms with Crippen LogP contribution in [0, 0.1) is 5.92 Å². The highest BCUT2D eigenvalue weighted by molar-refractivity contribution is 5.50. The van der Waals surface area contributed by atoms with Crippen molar-refractivity contribution in [1.29, 1.82) is 0 Å². The van der Waals surface area contributed by atoms with Gasteiger partial charge in [-0.2, -0.15) is 26.3 Å². The molecule has 0 aromatic carbocycles. The predicted molar refractivity (Wildman–Crippen MR) is 26.3 cm³/mol. The maximum absolute atomic E-state index is 11.5. The minimum absolute atomic E-state index is 0.397. The van der Waals surface area contributed by atoms with Gasteiger partial charge in [-0.1, -0.05) is 0 Å². The Bertz CT molecular complexity index is 142. The molecule has 0 bridgehead atoms. The van der Waals surface area contributed by atoms with Crippen LogP contribution in [0.25, 0.3) is 0 Å². The molecule has 0 atom stereocenters. The molecular formula is C5H4F6O. The van der Waals surface area contributed by atoms with Crippen LogP contribution < -0.4 is 0 Å². The normalized spacial score (nSPS) is 13.6. The van der Waals surface area contributed by atoms with E-state index < -0.39 is 31.0 Å². The van der Waals surface area contributed by atoms with E-state index in [0.717, 1.165) is 0 Å². The quantitative estimate of drug-likeness (QED) is 0.487. The molecule has 0 aliphatic heterocycles. The summed E-state index contributed by atoms with van der Waals surface area (Å²) < 4.78 is 69.1. The van der Waals surface area contributed by atoms with E-state index in [4.69, 9.17) is 0 Å². The maximum atomic E-state index is 11.5. The highest BCUT2D eigenvalue weighted by atomic mass is 19.4. The van der Waals surface area contributed by atoms with Gasteiger partial charge in [-0.3, -0.25) is 0 Å². The summed E-state index contributed by atoms with van der Waals surface area (Å²) >= 11 is 0. The minimum atomic E-state index is -5.40. The Balaban J connectivity index is 4.56. The second-order valence-electron chi connectivity index (χ2n) is 2.04. The molecule has 72 valence electrons. The van der Waals surface area contributed by atoms with Crippen molar-refractivity contribution in [3.8, 4) is 0 Å². The summed E-state index contributed by atoms with van der Waals surface area (Å²) in [5.41, 5.74) is 0. The number of carbonyl (C=O) groups is 1. The molecule has 0 radical (unpaired) electrons. The van der Waals surface area contributed by atoms with E-state index in [2.05, 4.69) is 0 Å². The first-order valence-electron chi connectivity index (χ1n) is 2.76. The third kappa shape index (κ3) is 3.10. The molecule has 0 spiro atoms. The van der Waals surface area contributed by atoms with Crippen molar-refractivity contribution < 1.29 is 31.1 Å². The molecule has 0 fully saturated rings. The SMILES string of the molecule is O=CCC(C(F)(F)F)C(F)(F)F. The second-order valence-corrected chi connectivity index (χ2v) is 2.04. The molecule has 0 amide bonds. The summed E-state index contributed by atoms with van der Waals surface area (Å²) in [5.74, 6) is -3.54. The topological polar surface area (TPSA) is 17.1 Å². The molecule has 0 aliphatic carbocycles. The van der Waals surface area contributed by atoms with Gasteiger partial charge < -0.3 is 4.79 Å². The van der Waals surface area contributed by atoms with Crippen molar-refractivity contribution in [2.45, 2.75) is 18.8 Å². The molecule has 0 rings (SSSR count). The van der Waals surface area contributed by atoms with Gasteiger partial charge in [0, 0.05) is 6.42 Å². The number of rotatable bonds is 2. The van der Waals surface area contributed by atoms with Gasteiger partial charge in [-0.05, 0) is 0 Å².